The van der Waals surface area contributed by atoms with E-state index in [1.165, 1.54) is 33.5 Å². The van der Waals surface area contributed by atoms with Crippen molar-refractivity contribution in [2.24, 2.45) is 0 Å². The Morgan fingerprint density at radius 2 is 1.84 bits per heavy atom. The molecule has 3 aromatic heterocycles. The molecule has 1 saturated heterocycles. The number of hydrogen-bond acceptors (Lipinski definition) is 10. The fraction of sp³-hybridized carbons (Fsp3) is 0.312. The lowest BCUT2D eigenvalue weighted by molar-refractivity contribution is -0.137. The average Bonchev–Trinajstić information content (AvgIpc) is 3.47. The number of nitrogens with zero attached hydrogens (tertiary/aromatic N) is 5. The number of carbonyl (C=O) groups is 1. The van der Waals surface area contributed by atoms with Crippen LogP contribution in [0.1, 0.15) is 21.7 Å². The van der Waals surface area contributed by atoms with Gasteiger partial charge in [-0.1, -0.05) is 11.6 Å². The molecule has 1 N–H and O–H groups in total. The Hall–Kier alpha value is -4.25. The predicted octanol–water partition coefficient (Wildman–Crippen LogP) is 5.17. The van der Waals surface area contributed by atoms with E-state index in [0.717, 1.165) is 12.3 Å². The standard InChI is InChI=1S/C32H30ClF3N6O5S2/c1-18-38-25-16-24(32(34,35)36)26(41-10-8-40(2)9-11-41)15-22(25)31(44)42(18)12-13-47-27-5-4-19(33)14-21(27)20-6-7-37-28-23(17-48-29(20)28)30(43)39-49(3,45)46/h4-7,14-17H,8-13H2,1-3H3,(H,39,43). The lowest BCUT2D eigenvalue weighted by Gasteiger charge is -2.35. The zero-order valence-electron chi connectivity index (χ0n) is 26.5. The number of nitrogens with one attached hydrogen (secondary N) is 1. The predicted molar refractivity (Wildman–Crippen MR) is 183 cm³/mol. The molecule has 1 aliphatic heterocycles. The number of benzene rings is 2. The SMILES string of the molecule is Cc1nc2cc(C(F)(F)F)c(N3CCN(C)CC3)cc2c(=O)n1CCOc1ccc(Cl)cc1-c1ccnc2c(C(=O)NS(C)(=O)=O)csc12. The maximum absolute atomic E-state index is 14.2. The molecule has 0 radical (unpaired) electrons. The molecule has 0 atom stereocenters. The van der Waals surface area contributed by atoms with Gasteiger partial charge in [0.15, 0.2) is 0 Å². The van der Waals surface area contributed by atoms with E-state index in [0.29, 0.717) is 58.3 Å². The first-order chi connectivity index (χ1) is 23.1. The summed E-state index contributed by atoms with van der Waals surface area (Å²) in [5.74, 6) is -0.178. The van der Waals surface area contributed by atoms with E-state index < -0.39 is 33.2 Å². The Kier molecular flexibility index (Phi) is 9.34. The number of rotatable bonds is 8. The highest BCUT2D eigenvalue weighted by molar-refractivity contribution is 7.89. The molecule has 11 nitrogen and oxygen atoms in total. The molecule has 0 bridgehead atoms. The zero-order valence-corrected chi connectivity index (χ0v) is 28.9. The van der Waals surface area contributed by atoms with Crippen LogP contribution in [0.4, 0.5) is 18.9 Å². The Morgan fingerprint density at radius 3 is 2.53 bits per heavy atom. The smallest absolute Gasteiger partial charge is 0.418 e. The fourth-order valence-corrected chi connectivity index (χ4v) is 7.43. The first-order valence-corrected chi connectivity index (χ1v) is 18.1. The summed E-state index contributed by atoms with van der Waals surface area (Å²) in [4.78, 5) is 38.7. The van der Waals surface area contributed by atoms with Crippen molar-refractivity contribution in [2.75, 3.05) is 51.0 Å². The van der Waals surface area contributed by atoms with Crippen molar-refractivity contribution in [3.8, 4) is 16.9 Å². The van der Waals surface area contributed by atoms with Gasteiger partial charge < -0.3 is 14.5 Å². The summed E-state index contributed by atoms with van der Waals surface area (Å²) in [7, 11) is -1.89. The maximum atomic E-state index is 14.2. The van der Waals surface area contributed by atoms with Crippen LogP contribution in [-0.4, -0.2) is 79.8 Å². The van der Waals surface area contributed by atoms with E-state index in [1.807, 2.05) is 16.7 Å². The highest BCUT2D eigenvalue weighted by Gasteiger charge is 2.36. The third-order valence-corrected chi connectivity index (χ3v) is 9.99. The van der Waals surface area contributed by atoms with Gasteiger partial charge in [0, 0.05) is 59.6 Å². The third kappa shape index (κ3) is 7.22. The van der Waals surface area contributed by atoms with Gasteiger partial charge in [-0.05, 0) is 50.4 Å². The molecule has 258 valence electrons. The van der Waals surface area contributed by atoms with Crippen molar-refractivity contribution in [1.29, 1.82) is 0 Å². The van der Waals surface area contributed by atoms with Crippen LogP contribution in [-0.2, 0) is 22.7 Å². The van der Waals surface area contributed by atoms with Crippen LogP contribution >= 0.6 is 22.9 Å². The second-order valence-electron chi connectivity index (χ2n) is 11.7. The number of thiophene rings is 1. The summed E-state index contributed by atoms with van der Waals surface area (Å²) in [6, 6.07) is 8.93. The molecule has 0 spiro atoms. The molecule has 2 aromatic carbocycles. The van der Waals surface area contributed by atoms with Gasteiger partial charge in [-0.15, -0.1) is 11.3 Å². The van der Waals surface area contributed by atoms with E-state index in [1.54, 1.807) is 36.1 Å². The van der Waals surface area contributed by atoms with Crippen molar-refractivity contribution in [1.82, 2.24) is 24.2 Å². The Labute approximate surface area is 287 Å². The number of pyridine rings is 1. The molecule has 0 saturated carbocycles. The molecule has 1 fully saturated rings. The zero-order chi connectivity index (χ0) is 35.2. The molecule has 6 rings (SSSR count). The van der Waals surface area contributed by atoms with Gasteiger partial charge in [-0.2, -0.15) is 13.2 Å². The number of piperazine rings is 1. The van der Waals surface area contributed by atoms with E-state index in [-0.39, 0.29) is 41.1 Å². The minimum Gasteiger partial charge on any atom is -0.491 e. The Morgan fingerprint density at radius 1 is 1.10 bits per heavy atom. The first-order valence-electron chi connectivity index (χ1n) is 15.0. The summed E-state index contributed by atoms with van der Waals surface area (Å²) in [6.45, 7) is 3.55. The third-order valence-electron chi connectivity index (χ3n) is 8.19. The number of fused-ring (bicyclic) bond motifs is 2. The minimum atomic E-state index is -4.63. The van der Waals surface area contributed by atoms with Gasteiger partial charge in [-0.3, -0.25) is 19.1 Å². The van der Waals surface area contributed by atoms with E-state index >= 15 is 0 Å². The minimum absolute atomic E-state index is 0.00476. The Balaban J connectivity index is 1.31. The highest BCUT2D eigenvalue weighted by Crippen LogP contribution is 2.40. The van der Waals surface area contributed by atoms with Crippen molar-refractivity contribution in [3.05, 3.63) is 80.3 Å². The molecule has 17 heteroatoms. The van der Waals surface area contributed by atoms with E-state index in [9.17, 15) is 31.2 Å². The molecule has 1 aliphatic rings. The summed E-state index contributed by atoms with van der Waals surface area (Å²) in [5, 5.41) is 1.99. The van der Waals surface area contributed by atoms with Crippen LogP contribution in [0.2, 0.25) is 5.02 Å². The van der Waals surface area contributed by atoms with Gasteiger partial charge in [0.2, 0.25) is 10.0 Å². The second-order valence-corrected chi connectivity index (χ2v) is 14.7. The molecular formula is C32H30ClF3N6O5S2. The van der Waals surface area contributed by atoms with Crippen LogP contribution in [0.25, 0.3) is 32.2 Å². The van der Waals surface area contributed by atoms with E-state index in [4.69, 9.17) is 16.3 Å². The summed E-state index contributed by atoms with van der Waals surface area (Å²) in [6.07, 6.45) is -2.27. The first kappa shape index (κ1) is 34.6. The Bertz CT molecular complexity index is 2270. The van der Waals surface area contributed by atoms with Gasteiger partial charge in [0.25, 0.3) is 11.5 Å². The van der Waals surface area contributed by atoms with Crippen molar-refractivity contribution in [2.45, 2.75) is 19.6 Å². The normalized spacial score (nSPS) is 14.5. The topological polar surface area (TPSA) is 127 Å². The van der Waals surface area contributed by atoms with Crippen LogP contribution in [0.15, 0.2) is 52.8 Å². The lowest BCUT2D eigenvalue weighted by Crippen LogP contribution is -2.45. The average molecular weight is 735 g/mol. The van der Waals surface area contributed by atoms with Gasteiger partial charge in [-0.25, -0.2) is 18.1 Å². The molecule has 5 aromatic rings. The number of aromatic nitrogens is 3. The molecular weight excluding hydrogens is 705 g/mol. The quantitative estimate of drug-likeness (QED) is 0.230. The van der Waals surface area contributed by atoms with Gasteiger partial charge in [0.05, 0.1) is 45.0 Å². The van der Waals surface area contributed by atoms with Crippen LogP contribution in [0.5, 0.6) is 5.75 Å². The largest absolute Gasteiger partial charge is 0.491 e. The molecule has 0 unspecified atom stereocenters. The number of likely N-dealkylation sites (N-methyl/N-ethyl adjacent to an activating group) is 1. The molecule has 49 heavy (non-hydrogen) atoms. The van der Waals surface area contributed by atoms with Gasteiger partial charge in [0.1, 0.15) is 18.2 Å². The summed E-state index contributed by atoms with van der Waals surface area (Å²) in [5.41, 5.74) is 0.188. The number of alkyl halides is 3. The van der Waals surface area contributed by atoms with Crippen molar-refractivity contribution < 1.29 is 31.1 Å². The van der Waals surface area contributed by atoms with Crippen LogP contribution in [0.3, 0.4) is 0 Å². The molecule has 4 heterocycles. The lowest BCUT2D eigenvalue weighted by atomic mass is 10.0. The van der Waals surface area contributed by atoms with Crippen LogP contribution in [0, 0.1) is 6.92 Å². The fourth-order valence-electron chi connectivity index (χ4n) is 5.78. The number of amides is 1. The highest BCUT2D eigenvalue weighted by atomic mass is 35.5. The van der Waals surface area contributed by atoms with Gasteiger partial charge >= 0.3 is 6.18 Å². The van der Waals surface area contributed by atoms with Crippen LogP contribution < -0.4 is 19.9 Å². The molecule has 0 aliphatic carbocycles. The van der Waals surface area contributed by atoms with Crippen molar-refractivity contribution in [3.63, 3.8) is 0 Å². The van der Waals surface area contributed by atoms with Crippen molar-refractivity contribution >= 4 is 65.7 Å². The number of hydrogen-bond donors (Lipinski definition) is 1. The summed E-state index contributed by atoms with van der Waals surface area (Å²) >= 11 is 7.56. The maximum Gasteiger partial charge on any atom is 0.418 e. The number of anilines is 1. The number of aryl methyl sites for hydroxylation is 1. The second kappa shape index (κ2) is 13.2. The monoisotopic (exact) mass is 734 g/mol. The van der Waals surface area contributed by atoms with E-state index in [2.05, 4.69) is 9.97 Å². The molecule has 1 amide bonds. The summed E-state index contributed by atoms with van der Waals surface area (Å²) < 4.78 is 75.8. The number of sulfonamides is 1. The number of halogens is 4. The number of carbonyl (C=O) groups excluding carboxylic acids is 1. The number of ether oxygens (including phenoxy) is 1.